The van der Waals surface area contributed by atoms with Crippen molar-refractivity contribution in [3.63, 3.8) is 0 Å². The second-order valence-electron chi connectivity index (χ2n) is 3.54. The lowest BCUT2D eigenvalue weighted by Gasteiger charge is -2.09. The van der Waals surface area contributed by atoms with Gasteiger partial charge in [0.25, 0.3) is 0 Å². The molecule has 1 aliphatic rings. The highest BCUT2D eigenvalue weighted by molar-refractivity contribution is 6.04. The zero-order valence-corrected chi connectivity index (χ0v) is 8.57. The van der Waals surface area contributed by atoms with Crippen LogP contribution in [0, 0.1) is 0 Å². The van der Waals surface area contributed by atoms with Gasteiger partial charge in [-0.25, -0.2) is 0 Å². The number of fused-ring (bicyclic) bond motifs is 1. The Morgan fingerprint density at radius 1 is 1.43 bits per heavy atom. The molecule has 0 N–H and O–H groups in total. The molecule has 3 nitrogen and oxygen atoms in total. The Labute approximate surface area is 83.3 Å². The number of ether oxygens (including phenoxy) is 1. The van der Waals surface area contributed by atoms with Crippen LogP contribution in [0.2, 0.25) is 0 Å². The van der Waals surface area contributed by atoms with Crippen LogP contribution in [-0.4, -0.2) is 20.1 Å². The van der Waals surface area contributed by atoms with Gasteiger partial charge in [-0.1, -0.05) is 0 Å². The minimum atomic E-state index is -0.0508. The van der Waals surface area contributed by atoms with E-state index in [1.165, 1.54) is 0 Å². The Morgan fingerprint density at radius 2 is 2.14 bits per heavy atom. The van der Waals surface area contributed by atoms with Crippen LogP contribution >= 0.6 is 0 Å². The van der Waals surface area contributed by atoms with Crippen LogP contribution in [0.4, 0.5) is 5.69 Å². The normalized spacial score (nSPS) is 19.8. The maximum absolute atomic E-state index is 11.6. The Morgan fingerprint density at radius 3 is 2.79 bits per heavy atom. The van der Waals surface area contributed by atoms with Gasteiger partial charge in [0, 0.05) is 12.7 Å². The summed E-state index contributed by atoms with van der Waals surface area (Å²) in [7, 11) is 3.43. The van der Waals surface area contributed by atoms with E-state index in [1.807, 2.05) is 25.1 Å². The first kappa shape index (κ1) is 9.06. The minimum absolute atomic E-state index is 0.0508. The molecule has 1 atom stereocenters. The van der Waals surface area contributed by atoms with Gasteiger partial charge in [0.15, 0.2) is 0 Å². The number of benzene rings is 1. The summed E-state index contributed by atoms with van der Waals surface area (Å²) in [5.41, 5.74) is 2.04. The molecule has 1 aliphatic heterocycles. The van der Waals surface area contributed by atoms with E-state index in [9.17, 15) is 4.79 Å². The van der Waals surface area contributed by atoms with E-state index in [4.69, 9.17) is 4.74 Å². The van der Waals surface area contributed by atoms with Gasteiger partial charge in [0.05, 0.1) is 13.0 Å². The quantitative estimate of drug-likeness (QED) is 0.677. The van der Waals surface area contributed by atoms with Gasteiger partial charge in [0.1, 0.15) is 5.75 Å². The second kappa shape index (κ2) is 3.01. The van der Waals surface area contributed by atoms with Crippen molar-refractivity contribution < 1.29 is 9.53 Å². The molecule has 3 heteroatoms. The molecule has 1 amide bonds. The van der Waals surface area contributed by atoms with E-state index < -0.39 is 0 Å². The third kappa shape index (κ3) is 1.09. The van der Waals surface area contributed by atoms with Crippen molar-refractivity contribution in [1.29, 1.82) is 0 Å². The highest BCUT2D eigenvalue weighted by Crippen LogP contribution is 2.37. The van der Waals surface area contributed by atoms with Crippen molar-refractivity contribution in [2.75, 3.05) is 19.1 Å². The Hall–Kier alpha value is -1.51. The lowest BCUT2D eigenvalue weighted by molar-refractivity contribution is -0.118. The zero-order chi connectivity index (χ0) is 10.3. The first-order valence-corrected chi connectivity index (χ1v) is 4.60. The van der Waals surface area contributed by atoms with Crippen LogP contribution in [0.25, 0.3) is 0 Å². The number of amides is 1. The fourth-order valence-electron chi connectivity index (χ4n) is 1.85. The Balaban J connectivity index is 2.53. The largest absolute Gasteiger partial charge is 0.497 e. The van der Waals surface area contributed by atoms with Gasteiger partial charge in [0.2, 0.25) is 5.91 Å². The monoisotopic (exact) mass is 191 g/mol. The van der Waals surface area contributed by atoms with Gasteiger partial charge < -0.3 is 9.64 Å². The smallest absolute Gasteiger partial charge is 0.234 e. The highest BCUT2D eigenvalue weighted by Gasteiger charge is 2.31. The molecule has 0 saturated heterocycles. The van der Waals surface area contributed by atoms with Gasteiger partial charge in [-0.15, -0.1) is 0 Å². The van der Waals surface area contributed by atoms with Crippen LogP contribution in [0.3, 0.4) is 0 Å². The van der Waals surface area contributed by atoms with Crippen LogP contribution in [0.1, 0.15) is 18.4 Å². The standard InChI is InChI=1S/C11H13NO2/c1-7-9-6-8(14-3)4-5-10(9)12(2)11(7)13/h4-7H,1-3H3/t7-/m0/s1. The lowest BCUT2D eigenvalue weighted by atomic mass is 10.0. The van der Waals surface area contributed by atoms with Gasteiger partial charge in [-0.05, 0) is 30.7 Å². The number of hydrogen-bond acceptors (Lipinski definition) is 2. The van der Waals surface area contributed by atoms with E-state index in [-0.39, 0.29) is 11.8 Å². The predicted molar refractivity (Wildman–Crippen MR) is 54.8 cm³/mol. The number of carbonyl (C=O) groups is 1. The minimum Gasteiger partial charge on any atom is -0.497 e. The van der Waals surface area contributed by atoms with Crippen molar-refractivity contribution in [2.24, 2.45) is 0 Å². The van der Waals surface area contributed by atoms with Crippen molar-refractivity contribution in [2.45, 2.75) is 12.8 Å². The van der Waals surface area contributed by atoms with Gasteiger partial charge in [-0.3, -0.25) is 4.79 Å². The predicted octanol–water partition coefficient (Wildman–Crippen LogP) is 1.78. The van der Waals surface area contributed by atoms with Gasteiger partial charge >= 0.3 is 0 Å². The zero-order valence-electron chi connectivity index (χ0n) is 8.57. The number of carbonyl (C=O) groups excluding carboxylic acids is 1. The molecular weight excluding hydrogens is 178 g/mol. The average Bonchev–Trinajstić information content (AvgIpc) is 2.44. The van der Waals surface area contributed by atoms with Crippen molar-refractivity contribution >= 4 is 11.6 Å². The maximum atomic E-state index is 11.6. The summed E-state index contributed by atoms with van der Waals surface area (Å²) in [5.74, 6) is 0.900. The SMILES string of the molecule is COc1ccc2c(c1)[C@H](C)C(=O)N2C. The summed E-state index contributed by atoms with van der Waals surface area (Å²) >= 11 is 0. The Kier molecular flexibility index (Phi) is 1.95. The van der Waals surface area contributed by atoms with E-state index in [0.717, 1.165) is 17.0 Å². The van der Waals surface area contributed by atoms with Crippen LogP contribution in [0.5, 0.6) is 5.75 Å². The summed E-state index contributed by atoms with van der Waals surface area (Å²) in [4.78, 5) is 13.3. The highest BCUT2D eigenvalue weighted by atomic mass is 16.5. The van der Waals surface area contributed by atoms with E-state index in [1.54, 1.807) is 19.1 Å². The summed E-state index contributed by atoms with van der Waals surface area (Å²) in [5, 5.41) is 0. The molecule has 0 aliphatic carbocycles. The fourth-order valence-corrected chi connectivity index (χ4v) is 1.85. The molecule has 1 aromatic carbocycles. The van der Waals surface area contributed by atoms with Crippen LogP contribution < -0.4 is 9.64 Å². The van der Waals surface area contributed by atoms with E-state index in [2.05, 4.69) is 0 Å². The van der Waals surface area contributed by atoms with E-state index in [0.29, 0.717) is 0 Å². The molecular formula is C11H13NO2. The molecule has 0 radical (unpaired) electrons. The van der Waals surface area contributed by atoms with Crippen molar-refractivity contribution in [3.8, 4) is 5.75 Å². The second-order valence-corrected chi connectivity index (χ2v) is 3.54. The van der Waals surface area contributed by atoms with Crippen molar-refractivity contribution in [1.82, 2.24) is 0 Å². The fraction of sp³-hybridized carbons (Fsp3) is 0.364. The molecule has 14 heavy (non-hydrogen) atoms. The molecule has 0 fully saturated rings. The molecule has 1 heterocycles. The summed E-state index contributed by atoms with van der Waals surface area (Å²) in [6, 6.07) is 5.73. The number of methoxy groups -OCH3 is 1. The summed E-state index contributed by atoms with van der Waals surface area (Å²) in [6.45, 7) is 1.92. The number of nitrogens with zero attached hydrogens (tertiary/aromatic N) is 1. The molecule has 74 valence electrons. The Bertz CT molecular complexity index is 387. The lowest BCUT2D eigenvalue weighted by Crippen LogP contribution is -2.22. The summed E-state index contributed by atoms with van der Waals surface area (Å²) < 4.78 is 5.13. The topological polar surface area (TPSA) is 29.5 Å². The number of likely N-dealkylation sites (N-methyl/N-ethyl adjacent to an activating group) is 1. The first-order valence-electron chi connectivity index (χ1n) is 4.60. The van der Waals surface area contributed by atoms with E-state index >= 15 is 0 Å². The third-order valence-corrected chi connectivity index (χ3v) is 2.76. The molecule has 0 bridgehead atoms. The molecule has 2 rings (SSSR count). The van der Waals surface area contributed by atoms with Gasteiger partial charge in [-0.2, -0.15) is 0 Å². The van der Waals surface area contributed by atoms with Crippen LogP contribution in [-0.2, 0) is 4.79 Å². The molecule has 0 unspecified atom stereocenters. The van der Waals surface area contributed by atoms with Crippen molar-refractivity contribution in [3.05, 3.63) is 23.8 Å². The third-order valence-electron chi connectivity index (χ3n) is 2.76. The number of rotatable bonds is 1. The summed E-state index contributed by atoms with van der Waals surface area (Å²) in [6.07, 6.45) is 0. The molecule has 0 aromatic heterocycles. The van der Waals surface area contributed by atoms with Crippen LogP contribution in [0.15, 0.2) is 18.2 Å². The first-order chi connectivity index (χ1) is 6.65. The molecule has 1 aromatic rings. The number of anilines is 1. The number of hydrogen-bond donors (Lipinski definition) is 0. The molecule has 0 spiro atoms. The molecule has 0 saturated carbocycles. The average molecular weight is 191 g/mol. The maximum Gasteiger partial charge on any atom is 0.234 e.